The molecule has 0 saturated carbocycles. The average Bonchev–Trinajstić information content (AvgIpc) is 3.57. The van der Waals surface area contributed by atoms with Crippen LogP contribution in [0.2, 0.25) is 0 Å². The van der Waals surface area contributed by atoms with Crippen molar-refractivity contribution in [2.24, 2.45) is 0 Å². The van der Waals surface area contributed by atoms with E-state index < -0.39 is 0 Å². The van der Waals surface area contributed by atoms with Gasteiger partial charge in [-0.1, -0.05) is 0 Å². The summed E-state index contributed by atoms with van der Waals surface area (Å²) in [6, 6.07) is 39.6. The van der Waals surface area contributed by atoms with Crippen molar-refractivity contribution in [1.82, 2.24) is 4.98 Å². The minimum absolute atomic E-state index is 0.255. The van der Waals surface area contributed by atoms with Gasteiger partial charge >= 0.3 is 211 Å². The summed E-state index contributed by atoms with van der Waals surface area (Å²) in [6.45, 7) is 0. The van der Waals surface area contributed by atoms with Crippen LogP contribution in [0, 0.1) is 0 Å². The first-order valence-corrected chi connectivity index (χ1v) is 14.9. The molecule has 160 valence electrons. The number of nitrogens with zero attached hydrogens (tertiary/aromatic N) is 1. The summed E-state index contributed by atoms with van der Waals surface area (Å²) in [5, 5.41) is 5.66. The molecule has 7 rings (SSSR count). The molecule has 0 radical (unpaired) electrons. The van der Waals surface area contributed by atoms with Crippen molar-refractivity contribution in [3.05, 3.63) is 114 Å². The molecule has 0 aliphatic rings. The van der Waals surface area contributed by atoms with E-state index in [0.29, 0.717) is 14.5 Å². The van der Waals surface area contributed by atoms with E-state index >= 15 is 0 Å². The van der Waals surface area contributed by atoms with E-state index in [9.17, 15) is 0 Å². The molecule has 0 atom stereocenters. The second-order valence-corrected chi connectivity index (χ2v) is 12.6. The fourth-order valence-corrected chi connectivity index (χ4v) is 9.07. The quantitative estimate of drug-likeness (QED) is 0.201. The molecule has 0 amide bonds. The van der Waals surface area contributed by atoms with Crippen LogP contribution in [-0.4, -0.2) is 34.0 Å². The first-order chi connectivity index (χ1) is 16.8. The number of aromatic nitrogens is 1. The van der Waals surface area contributed by atoms with Crippen molar-refractivity contribution < 1.29 is 0 Å². The van der Waals surface area contributed by atoms with Gasteiger partial charge in [0.15, 0.2) is 0 Å². The van der Waals surface area contributed by atoms with Crippen molar-refractivity contribution in [1.29, 1.82) is 0 Å². The predicted molar refractivity (Wildman–Crippen MR) is 147 cm³/mol. The first-order valence-electron chi connectivity index (χ1n) is 11.3. The normalized spacial score (nSPS) is 11.5. The van der Waals surface area contributed by atoms with E-state index in [-0.39, 0.29) is 14.5 Å². The zero-order chi connectivity index (χ0) is 22.5. The Labute approximate surface area is 209 Å². The standard InChI is InChI=1S/C31H19NSe2/c1-3-7-20(8-4-1)27-17-24(18-28(32-27)21-9-5-2-6-10-21)29-19-23-12-14-25-26(31(23)34-29)13-11-22-15-16-33-30(22)25/h1-19H. The maximum absolute atomic E-state index is 5.06. The van der Waals surface area contributed by atoms with Gasteiger partial charge in [0.25, 0.3) is 0 Å². The molecule has 0 aliphatic heterocycles. The van der Waals surface area contributed by atoms with Gasteiger partial charge in [-0.2, -0.15) is 0 Å². The van der Waals surface area contributed by atoms with Crippen molar-refractivity contribution in [3.63, 3.8) is 0 Å². The maximum atomic E-state index is 5.06. The van der Waals surface area contributed by atoms with Gasteiger partial charge in [0.1, 0.15) is 0 Å². The van der Waals surface area contributed by atoms with Crippen LogP contribution in [0.5, 0.6) is 0 Å². The molecule has 3 aromatic heterocycles. The number of pyridine rings is 1. The number of hydrogen-bond acceptors (Lipinski definition) is 1. The van der Waals surface area contributed by atoms with Gasteiger partial charge in [-0.15, -0.1) is 0 Å². The molecule has 4 aromatic carbocycles. The van der Waals surface area contributed by atoms with Crippen LogP contribution in [0.4, 0.5) is 0 Å². The van der Waals surface area contributed by atoms with Gasteiger partial charge in [0, 0.05) is 0 Å². The Morgan fingerprint density at radius 2 is 1.12 bits per heavy atom. The number of rotatable bonds is 3. The molecular weight excluding hydrogens is 544 g/mol. The van der Waals surface area contributed by atoms with Crippen LogP contribution < -0.4 is 0 Å². The van der Waals surface area contributed by atoms with Crippen molar-refractivity contribution in [3.8, 4) is 32.5 Å². The van der Waals surface area contributed by atoms with Gasteiger partial charge in [0.2, 0.25) is 0 Å². The van der Waals surface area contributed by atoms with E-state index in [1.54, 1.807) is 4.26 Å². The topological polar surface area (TPSA) is 12.9 Å². The Morgan fingerprint density at radius 1 is 0.500 bits per heavy atom. The second-order valence-electron chi connectivity index (χ2n) is 8.45. The van der Waals surface area contributed by atoms with Gasteiger partial charge in [0.05, 0.1) is 0 Å². The minimum atomic E-state index is 0.255. The number of benzene rings is 4. The first kappa shape index (κ1) is 20.2. The van der Waals surface area contributed by atoms with Gasteiger partial charge in [-0.25, -0.2) is 0 Å². The zero-order valence-electron chi connectivity index (χ0n) is 18.2. The Hall–Kier alpha value is -3.19. The van der Waals surface area contributed by atoms with Crippen LogP contribution in [0.3, 0.4) is 0 Å². The van der Waals surface area contributed by atoms with Crippen molar-refractivity contribution in [2.45, 2.75) is 0 Å². The van der Waals surface area contributed by atoms with Crippen molar-refractivity contribution in [2.75, 3.05) is 0 Å². The third-order valence-electron chi connectivity index (χ3n) is 6.34. The van der Waals surface area contributed by atoms with E-state index in [0.717, 1.165) is 22.5 Å². The van der Waals surface area contributed by atoms with Crippen LogP contribution in [0.25, 0.3) is 62.6 Å². The fourth-order valence-electron chi connectivity index (χ4n) is 4.66. The van der Waals surface area contributed by atoms with Crippen LogP contribution in [0.1, 0.15) is 0 Å². The SMILES string of the molecule is c1ccc(-c2cc(-c3cc4ccc5c(ccc6cc[se]c65)c4[se]3)cc(-c3ccccc3)n2)cc1. The average molecular weight is 563 g/mol. The van der Waals surface area contributed by atoms with E-state index in [4.69, 9.17) is 4.98 Å². The summed E-state index contributed by atoms with van der Waals surface area (Å²) in [5.41, 5.74) is 5.65. The van der Waals surface area contributed by atoms with Crippen LogP contribution in [0.15, 0.2) is 114 Å². The predicted octanol–water partition coefficient (Wildman–Crippen LogP) is 7.66. The Morgan fingerprint density at radius 3 is 1.79 bits per heavy atom. The third-order valence-corrected chi connectivity index (χ3v) is 11.0. The van der Waals surface area contributed by atoms with E-state index in [2.05, 4.69) is 114 Å². The van der Waals surface area contributed by atoms with E-state index in [1.807, 2.05) is 0 Å². The van der Waals surface area contributed by atoms with Gasteiger partial charge in [-0.3, -0.25) is 0 Å². The third kappa shape index (κ3) is 3.41. The summed E-state index contributed by atoms with van der Waals surface area (Å²) in [5.74, 6) is 0. The summed E-state index contributed by atoms with van der Waals surface area (Å²) < 4.78 is 4.49. The van der Waals surface area contributed by atoms with Crippen LogP contribution in [-0.2, 0) is 0 Å². The summed E-state index contributed by atoms with van der Waals surface area (Å²) in [4.78, 5) is 7.40. The Bertz CT molecular complexity index is 1740. The molecule has 0 spiro atoms. The summed E-state index contributed by atoms with van der Waals surface area (Å²) in [6.07, 6.45) is 0. The number of hydrogen-bond donors (Lipinski definition) is 0. The molecule has 34 heavy (non-hydrogen) atoms. The molecule has 0 unspecified atom stereocenters. The molecular formula is C31H19NSe2. The Kier molecular flexibility index (Phi) is 4.89. The molecule has 0 saturated heterocycles. The molecule has 1 nitrogen and oxygen atoms in total. The van der Waals surface area contributed by atoms with Crippen molar-refractivity contribution >= 4 is 59.1 Å². The molecule has 0 aliphatic carbocycles. The van der Waals surface area contributed by atoms with E-state index in [1.165, 1.54) is 35.8 Å². The van der Waals surface area contributed by atoms with Gasteiger partial charge in [-0.05, 0) is 0 Å². The number of fused-ring (bicyclic) bond motifs is 5. The summed E-state index contributed by atoms with van der Waals surface area (Å²) in [7, 11) is 0. The zero-order valence-corrected chi connectivity index (χ0v) is 21.7. The molecule has 0 N–H and O–H groups in total. The second kappa shape index (κ2) is 8.24. The van der Waals surface area contributed by atoms with Gasteiger partial charge < -0.3 is 0 Å². The molecule has 3 heteroatoms. The fraction of sp³-hybridized carbons (Fsp3) is 0. The molecule has 0 fully saturated rings. The Balaban J connectivity index is 1.46. The molecule has 3 heterocycles. The molecule has 0 bridgehead atoms. The van der Waals surface area contributed by atoms with Crippen LogP contribution >= 0.6 is 0 Å². The summed E-state index contributed by atoms with van der Waals surface area (Å²) >= 11 is 0.705. The molecule has 7 aromatic rings. The monoisotopic (exact) mass is 565 g/mol.